The number of hydrogen-bond donors (Lipinski definition) is 2. The van der Waals surface area contributed by atoms with E-state index in [0.29, 0.717) is 31.8 Å². The van der Waals surface area contributed by atoms with Crippen molar-refractivity contribution in [2.24, 2.45) is 11.7 Å². The highest BCUT2D eigenvalue weighted by atomic mass is 35.5. The van der Waals surface area contributed by atoms with Crippen LogP contribution >= 0.6 is 12.4 Å². The molecule has 2 unspecified atom stereocenters. The summed E-state index contributed by atoms with van der Waals surface area (Å²) in [4.78, 5) is 40.6. The van der Waals surface area contributed by atoms with Crippen LogP contribution in [0.15, 0.2) is 0 Å². The number of halogens is 1. The Kier molecular flexibility index (Phi) is 6.32. The van der Waals surface area contributed by atoms with E-state index in [4.69, 9.17) is 5.73 Å². The molecule has 3 fully saturated rings. The van der Waals surface area contributed by atoms with Gasteiger partial charge in [-0.2, -0.15) is 0 Å². The smallest absolute Gasteiger partial charge is 0.325 e. The number of nitrogens with two attached hydrogens (primary N) is 1. The third kappa shape index (κ3) is 3.77. The number of carbonyl (C=O) groups is 3. The summed E-state index contributed by atoms with van der Waals surface area (Å²) in [5, 5.41) is 2.85. The molecule has 0 radical (unpaired) electrons. The highest BCUT2D eigenvalue weighted by Gasteiger charge is 2.52. The van der Waals surface area contributed by atoms with Crippen LogP contribution in [0.4, 0.5) is 4.79 Å². The molecule has 4 amide bonds. The van der Waals surface area contributed by atoms with E-state index in [0.717, 1.165) is 37.0 Å². The summed E-state index contributed by atoms with van der Waals surface area (Å²) < 4.78 is 0. The molecule has 1 saturated carbocycles. The van der Waals surface area contributed by atoms with Crippen LogP contribution in [0, 0.1) is 5.92 Å². The fourth-order valence-corrected chi connectivity index (χ4v) is 4.34. The molecule has 142 valence electrons. The Morgan fingerprint density at radius 2 is 1.96 bits per heavy atom. The van der Waals surface area contributed by atoms with Gasteiger partial charge in [-0.3, -0.25) is 14.5 Å². The van der Waals surface area contributed by atoms with Crippen molar-refractivity contribution in [2.45, 2.75) is 63.5 Å². The minimum absolute atomic E-state index is 0. The van der Waals surface area contributed by atoms with Crippen LogP contribution in [0.3, 0.4) is 0 Å². The Labute approximate surface area is 155 Å². The van der Waals surface area contributed by atoms with Crippen molar-refractivity contribution >= 4 is 30.3 Å². The standard InChI is InChI=1S/C17H28N4O3.ClH/c1-12-5-8-20(13(9-12)10-18)14(22)11-21-15(23)17(19-16(21)24)6-3-2-4-7-17;/h12-13H,2-11,18H2,1H3,(H,19,24);1H. The van der Waals surface area contributed by atoms with Gasteiger partial charge in [0.25, 0.3) is 5.91 Å². The van der Waals surface area contributed by atoms with Gasteiger partial charge >= 0.3 is 6.03 Å². The molecule has 8 heteroatoms. The number of imide groups is 1. The van der Waals surface area contributed by atoms with E-state index in [2.05, 4.69) is 12.2 Å². The molecule has 2 saturated heterocycles. The van der Waals surface area contributed by atoms with Crippen molar-refractivity contribution < 1.29 is 14.4 Å². The maximum Gasteiger partial charge on any atom is 0.325 e. The Balaban J connectivity index is 0.00000225. The molecule has 3 N–H and O–H groups in total. The monoisotopic (exact) mass is 372 g/mol. The SMILES string of the molecule is CC1CCN(C(=O)CN2C(=O)NC3(CCCCC3)C2=O)C(CN)C1.Cl. The number of urea groups is 1. The number of carbonyl (C=O) groups excluding carboxylic acids is 3. The second-order valence-corrected chi connectivity index (χ2v) is 7.57. The molecule has 2 aliphatic heterocycles. The molecule has 1 spiro atoms. The first-order valence-corrected chi connectivity index (χ1v) is 9.10. The molecule has 25 heavy (non-hydrogen) atoms. The molecule has 2 heterocycles. The van der Waals surface area contributed by atoms with E-state index in [1.165, 1.54) is 0 Å². The molecule has 0 aromatic heterocycles. The summed E-state index contributed by atoms with van der Waals surface area (Å²) in [6, 6.07) is -0.421. The van der Waals surface area contributed by atoms with Crippen molar-refractivity contribution in [2.75, 3.05) is 19.6 Å². The van der Waals surface area contributed by atoms with E-state index in [1.54, 1.807) is 4.90 Å². The van der Waals surface area contributed by atoms with Crippen molar-refractivity contribution in [3.63, 3.8) is 0 Å². The first-order chi connectivity index (χ1) is 11.5. The topological polar surface area (TPSA) is 95.7 Å². The van der Waals surface area contributed by atoms with Crippen LogP contribution in [0.5, 0.6) is 0 Å². The summed E-state index contributed by atoms with van der Waals surface area (Å²) in [5.41, 5.74) is 5.05. The average molecular weight is 373 g/mol. The molecule has 2 atom stereocenters. The highest BCUT2D eigenvalue weighted by molar-refractivity contribution is 6.09. The van der Waals surface area contributed by atoms with Crippen LogP contribution in [-0.2, 0) is 9.59 Å². The van der Waals surface area contributed by atoms with E-state index in [9.17, 15) is 14.4 Å². The van der Waals surface area contributed by atoms with Crippen molar-refractivity contribution in [1.29, 1.82) is 0 Å². The zero-order chi connectivity index (χ0) is 17.3. The normalized spacial score (nSPS) is 28.7. The first-order valence-electron chi connectivity index (χ1n) is 9.10. The molecule has 7 nitrogen and oxygen atoms in total. The number of hydrogen-bond acceptors (Lipinski definition) is 4. The van der Waals surface area contributed by atoms with Gasteiger partial charge in [0.2, 0.25) is 5.91 Å². The summed E-state index contributed by atoms with van der Waals surface area (Å²) in [5.74, 6) is 0.147. The molecular formula is C17H29ClN4O3. The van der Waals surface area contributed by atoms with Crippen LogP contribution in [0.2, 0.25) is 0 Å². The van der Waals surface area contributed by atoms with Crippen LogP contribution < -0.4 is 11.1 Å². The molecule has 0 aromatic rings. The largest absolute Gasteiger partial charge is 0.337 e. The molecule has 1 aliphatic carbocycles. The minimum atomic E-state index is -0.765. The zero-order valence-corrected chi connectivity index (χ0v) is 15.6. The third-order valence-corrected chi connectivity index (χ3v) is 5.82. The Bertz CT molecular complexity index is 536. The lowest BCUT2D eigenvalue weighted by molar-refractivity contribution is -0.141. The fraction of sp³-hybridized carbons (Fsp3) is 0.824. The van der Waals surface area contributed by atoms with Crippen LogP contribution in [0.25, 0.3) is 0 Å². The van der Waals surface area contributed by atoms with Gasteiger partial charge in [0.15, 0.2) is 0 Å². The Morgan fingerprint density at radius 1 is 1.28 bits per heavy atom. The first kappa shape index (κ1) is 20.0. The number of nitrogens with zero attached hydrogens (tertiary/aromatic N) is 2. The zero-order valence-electron chi connectivity index (χ0n) is 14.8. The Morgan fingerprint density at radius 3 is 2.60 bits per heavy atom. The third-order valence-electron chi connectivity index (χ3n) is 5.82. The predicted molar refractivity (Wildman–Crippen MR) is 96.3 cm³/mol. The summed E-state index contributed by atoms with van der Waals surface area (Å²) in [6.45, 7) is 3.06. The van der Waals surface area contributed by atoms with Crippen molar-refractivity contribution in [1.82, 2.24) is 15.1 Å². The van der Waals surface area contributed by atoms with Crippen molar-refractivity contribution in [3.8, 4) is 0 Å². The number of piperidine rings is 1. The summed E-state index contributed by atoms with van der Waals surface area (Å²) in [6.07, 6.45) is 6.14. The second-order valence-electron chi connectivity index (χ2n) is 7.57. The second kappa shape index (κ2) is 7.91. The molecule has 3 rings (SSSR count). The van der Waals surface area contributed by atoms with Gasteiger partial charge < -0.3 is 16.0 Å². The van der Waals surface area contributed by atoms with Crippen LogP contribution in [0.1, 0.15) is 51.9 Å². The number of likely N-dealkylation sites (tertiary alicyclic amines) is 1. The van der Waals surface area contributed by atoms with Crippen LogP contribution in [-0.4, -0.2) is 58.9 Å². The quantitative estimate of drug-likeness (QED) is 0.729. The number of rotatable bonds is 3. The van der Waals surface area contributed by atoms with Gasteiger partial charge in [0.1, 0.15) is 12.1 Å². The lowest BCUT2D eigenvalue weighted by atomic mass is 9.82. The lowest BCUT2D eigenvalue weighted by Crippen LogP contribution is -2.53. The maximum atomic E-state index is 12.8. The van der Waals surface area contributed by atoms with Gasteiger partial charge in [-0.25, -0.2) is 4.79 Å². The minimum Gasteiger partial charge on any atom is -0.337 e. The predicted octanol–water partition coefficient (Wildman–Crippen LogP) is 1.25. The van der Waals surface area contributed by atoms with Gasteiger partial charge in [-0.05, 0) is 31.6 Å². The lowest BCUT2D eigenvalue weighted by Gasteiger charge is -2.38. The van der Waals surface area contributed by atoms with E-state index in [1.807, 2.05) is 0 Å². The molecular weight excluding hydrogens is 344 g/mol. The van der Waals surface area contributed by atoms with Gasteiger partial charge in [0.05, 0.1) is 0 Å². The number of amides is 4. The molecule has 0 aromatic carbocycles. The van der Waals surface area contributed by atoms with E-state index in [-0.39, 0.29) is 36.8 Å². The number of nitrogens with one attached hydrogen (secondary N) is 1. The van der Waals surface area contributed by atoms with E-state index >= 15 is 0 Å². The Hall–Kier alpha value is -1.34. The maximum absolute atomic E-state index is 12.8. The summed E-state index contributed by atoms with van der Waals surface area (Å²) >= 11 is 0. The fourth-order valence-electron chi connectivity index (χ4n) is 4.34. The van der Waals surface area contributed by atoms with Crippen molar-refractivity contribution in [3.05, 3.63) is 0 Å². The highest BCUT2D eigenvalue weighted by Crippen LogP contribution is 2.33. The average Bonchev–Trinajstić information content (AvgIpc) is 2.79. The molecule has 0 bridgehead atoms. The van der Waals surface area contributed by atoms with E-state index < -0.39 is 11.6 Å². The van der Waals surface area contributed by atoms with Gasteiger partial charge in [-0.15, -0.1) is 12.4 Å². The molecule has 3 aliphatic rings. The van der Waals surface area contributed by atoms with Gasteiger partial charge in [-0.1, -0.05) is 26.2 Å². The summed E-state index contributed by atoms with van der Waals surface area (Å²) in [7, 11) is 0. The van der Waals surface area contributed by atoms with Gasteiger partial charge in [0, 0.05) is 19.1 Å².